The predicted octanol–water partition coefficient (Wildman–Crippen LogP) is 5.91. The summed E-state index contributed by atoms with van der Waals surface area (Å²) in [6, 6.07) is 16.6. The summed E-state index contributed by atoms with van der Waals surface area (Å²) in [6.07, 6.45) is 6.42. The van der Waals surface area contributed by atoms with Crippen molar-refractivity contribution in [3.05, 3.63) is 59.7 Å². The molecule has 0 saturated heterocycles. The van der Waals surface area contributed by atoms with Gasteiger partial charge in [0.15, 0.2) is 0 Å². The van der Waals surface area contributed by atoms with Gasteiger partial charge in [0.25, 0.3) is 0 Å². The Labute approximate surface area is 122 Å². The molecule has 1 nitrogen and oxygen atoms in total. The van der Waals surface area contributed by atoms with E-state index in [-0.39, 0.29) is 0 Å². The van der Waals surface area contributed by atoms with Crippen LogP contribution in [-0.2, 0) is 6.42 Å². The van der Waals surface area contributed by atoms with Gasteiger partial charge in [0.2, 0.25) is 0 Å². The van der Waals surface area contributed by atoms with Gasteiger partial charge in [-0.1, -0.05) is 50.5 Å². The Morgan fingerprint density at radius 1 is 0.850 bits per heavy atom. The van der Waals surface area contributed by atoms with E-state index in [2.05, 4.69) is 50.2 Å². The van der Waals surface area contributed by atoms with Gasteiger partial charge < -0.3 is 4.74 Å². The first kappa shape index (κ1) is 14.6. The first-order chi connectivity index (χ1) is 9.78. The molecule has 1 heteroatoms. The van der Waals surface area contributed by atoms with Gasteiger partial charge in [-0.25, -0.2) is 0 Å². The number of hydrogen-bond acceptors (Lipinski definition) is 1. The average molecular weight is 268 g/mol. The van der Waals surface area contributed by atoms with E-state index in [1.54, 1.807) is 0 Å². The SMILES string of the molecule is CCCCCCc1ccc(Oc2cccc(C)c2)cc1. The van der Waals surface area contributed by atoms with E-state index in [1.807, 2.05) is 12.1 Å². The third-order valence-electron chi connectivity index (χ3n) is 3.47. The van der Waals surface area contributed by atoms with Crippen molar-refractivity contribution < 1.29 is 4.74 Å². The highest BCUT2D eigenvalue weighted by atomic mass is 16.5. The van der Waals surface area contributed by atoms with Gasteiger partial charge in [0.05, 0.1) is 0 Å². The number of benzene rings is 2. The third-order valence-corrected chi connectivity index (χ3v) is 3.47. The zero-order valence-electron chi connectivity index (χ0n) is 12.6. The summed E-state index contributed by atoms with van der Waals surface area (Å²) in [5.41, 5.74) is 2.62. The van der Waals surface area contributed by atoms with E-state index in [9.17, 15) is 0 Å². The first-order valence-electron chi connectivity index (χ1n) is 7.61. The van der Waals surface area contributed by atoms with Gasteiger partial charge in [-0.2, -0.15) is 0 Å². The Morgan fingerprint density at radius 3 is 2.35 bits per heavy atom. The monoisotopic (exact) mass is 268 g/mol. The van der Waals surface area contributed by atoms with E-state index in [4.69, 9.17) is 4.74 Å². The Kier molecular flexibility index (Phi) is 5.67. The van der Waals surface area contributed by atoms with Crippen LogP contribution >= 0.6 is 0 Å². The lowest BCUT2D eigenvalue weighted by atomic mass is 10.1. The fourth-order valence-electron chi connectivity index (χ4n) is 2.29. The maximum absolute atomic E-state index is 5.86. The number of hydrogen-bond donors (Lipinski definition) is 0. The molecule has 0 bridgehead atoms. The molecule has 0 aromatic heterocycles. The van der Waals surface area contributed by atoms with E-state index < -0.39 is 0 Å². The van der Waals surface area contributed by atoms with Crippen LogP contribution in [0.4, 0.5) is 0 Å². The minimum atomic E-state index is 0.903. The molecule has 0 radical (unpaired) electrons. The zero-order chi connectivity index (χ0) is 14.2. The lowest BCUT2D eigenvalue weighted by Gasteiger charge is -2.07. The summed E-state index contributed by atoms with van der Waals surface area (Å²) in [7, 11) is 0. The first-order valence-corrected chi connectivity index (χ1v) is 7.61. The lowest BCUT2D eigenvalue weighted by molar-refractivity contribution is 0.482. The van der Waals surface area contributed by atoms with Gasteiger partial charge in [0, 0.05) is 0 Å². The summed E-state index contributed by atoms with van der Waals surface area (Å²) < 4.78 is 5.86. The summed E-state index contributed by atoms with van der Waals surface area (Å²) in [5, 5.41) is 0. The molecule has 2 rings (SSSR count). The molecule has 0 amide bonds. The number of aryl methyl sites for hydroxylation is 2. The molecule has 0 atom stereocenters. The predicted molar refractivity (Wildman–Crippen MR) is 85.5 cm³/mol. The van der Waals surface area contributed by atoms with Crippen molar-refractivity contribution in [1.29, 1.82) is 0 Å². The van der Waals surface area contributed by atoms with Crippen LogP contribution in [0.5, 0.6) is 11.5 Å². The molecule has 0 unspecified atom stereocenters. The Hall–Kier alpha value is -1.76. The highest BCUT2D eigenvalue weighted by Crippen LogP contribution is 2.22. The van der Waals surface area contributed by atoms with Crippen LogP contribution in [0.15, 0.2) is 48.5 Å². The molecule has 0 aliphatic heterocycles. The fourth-order valence-corrected chi connectivity index (χ4v) is 2.29. The lowest BCUT2D eigenvalue weighted by Crippen LogP contribution is -1.88. The second-order valence-corrected chi connectivity index (χ2v) is 5.37. The summed E-state index contributed by atoms with van der Waals surface area (Å²) in [4.78, 5) is 0. The van der Waals surface area contributed by atoms with E-state index in [0.29, 0.717) is 0 Å². The maximum Gasteiger partial charge on any atom is 0.127 e. The summed E-state index contributed by atoms with van der Waals surface area (Å²) in [6.45, 7) is 4.32. The van der Waals surface area contributed by atoms with E-state index in [0.717, 1.165) is 11.5 Å². The Bertz CT molecular complexity index is 514. The topological polar surface area (TPSA) is 9.23 Å². The van der Waals surface area contributed by atoms with Gasteiger partial charge in [-0.15, -0.1) is 0 Å². The van der Waals surface area contributed by atoms with Gasteiger partial charge in [-0.05, 0) is 55.2 Å². The molecule has 106 valence electrons. The van der Waals surface area contributed by atoms with Gasteiger partial charge >= 0.3 is 0 Å². The van der Waals surface area contributed by atoms with E-state index >= 15 is 0 Å². The van der Waals surface area contributed by atoms with Crippen molar-refractivity contribution in [2.75, 3.05) is 0 Å². The zero-order valence-corrected chi connectivity index (χ0v) is 12.6. The Balaban J connectivity index is 1.88. The summed E-state index contributed by atoms with van der Waals surface area (Å²) in [5.74, 6) is 1.81. The molecule has 0 fully saturated rings. The fraction of sp³-hybridized carbons (Fsp3) is 0.368. The highest BCUT2D eigenvalue weighted by molar-refractivity contribution is 5.34. The van der Waals surface area contributed by atoms with Crippen LogP contribution in [0, 0.1) is 6.92 Å². The standard InChI is InChI=1S/C19H24O/c1-3-4-5-6-9-17-11-13-18(14-12-17)20-19-10-7-8-16(2)15-19/h7-8,10-15H,3-6,9H2,1-2H3. The van der Waals surface area contributed by atoms with E-state index in [1.165, 1.54) is 43.2 Å². The number of ether oxygens (including phenoxy) is 1. The minimum Gasteiger partial charge on any atom is -0.457 e. The van der Waals surface area contributed by atoms with Crippen LogP contribution in [0.1, 0.15) is 43.7 Å². The van der Waals surface area contributed by atoms with Crippen molar-refractivity contribution >= 4 is 0 Å². The molecular formula is C19H24O. The van der Waals surface area contributed by atoms with Crippen LogP contribution in [0.3, 0.4) is 0 Å². The van der Waals surface area contributed by atoms with Crippen molar-refractivity contribution in [1.82, 2.24) is 0 Å². The Morgan fingerprint density at radius 2 is 1.65 bits per heavy atom. The molecule has 0 heterocycles. The van der Waals surface area contributed by atoms with Gasteiger partial charge in [-0.3, -0.25) is 0 Å². The normalized spacial score (nSPS) is 10.5. The number of rotatable bonds is 7. The largest absolute Gasteiger partial charge is 0.457 e. The van der Waals surface area contributed by atoms with Crippen LogP contribution in [-0.4, -0.2) is 0 Å². The third kappa shape index (κ3) is 4.73. The second-order valence-electron chi connectivity index (χ2n) is 5.37. The van der Waals surface area contributed by atoms with Crippen molar-refractivity contribution in [2.24, 2.45) is 0 Å². The molecule has 20 heavy (non-hydrogen) atoms. The quantitative estimate of drug-likeness (QED) is 0.567. The van der Waals surface area contributed by atoms with Crippen LogP contribution < -0.4 is 4.74 Å². The maximum atomic E-state index is 5.86. The molecule has 0 saturated carbocycles. The van der Waals surface area contributed by atoms with Crippen molar-refractivity contribution in [2.45, 2.75) is 46.0 Å². The van der Waals surface area contributed by atoms with Crippen LogP contribution in [0.25, 0.3) is 0 Å². The second kappa shape index (κ2) is 7.74. The minimum absolute atomic E-state index is 0.903. The molecule has 2 aromatic rings. The highest BCUT2D eigenvalue weighted by Gasteiger charge is 1.99. The molecule has 0 spiro atoms. The summed E-state index contributed by atoms with van der Waals surface area (Å²) >= 11 is 0. The average Bonchev–Trinajstić information content (AvgIpc) is 2.45. The molecular weight excluding hydrogens is 244 g/mol. The molecule has 2 aromatic carbocycles. The molecule has 0 aliphatic carbocycles. The molecule has 0 aliphatic rings. The smallest absolute Gasteiger partial charge is 0.127 e. The van der Waals surface area contributed by atoms with Gasteiger partial charge in [0.1, 0.15) is 11.5 Å². The van der Waals surface area contributed by atoms with Crippen LogP contribution in [0.2, 0.25) is 0 Å². The van der Waals surface area contributed by atoms with Crippen molar-refractivity contribution in [3.63, 3.8) is 0 Å². The molecule has 0 N–H and O–H groups in total. The number of unbranched alkanes of at least 4 members (excludes halogenated alkanes) is 3. The van der Waals surface area contributed by atoms with Crippen molar-refractivity contribution in [3.8, 4) is 11.5 Å².